The Morgan fingerprint density at radius 2 is 1.70 bits per heavy atom. The molecule has 1 aliphatic heterocycles. The fourth-order valence-corrected chi connectivity index (χ4v) is 3.42. The van der Waals surface area contributed by atoms with Crippen molar-refractivity contribution in [3.63, 3.8) is 0 Å². The van der Waals surface area contributed by atoms with Crippen molar-refractivity contribution in [2.75, 3.05) is 23.3 Å². The topological polar surface area (TPSA) is 41.1 Å². The highest BCUT2D eigenvalue weighted by Crippen LogP contribution is 2.45. The summed E-state index contributed by atoms with van der Waals surface area (Å²) in [7, 11) is 0. The Morgan fingerprint density at radius 3 is 2.35 bits per heavy atom. The highest BCUT2D eigenvalue weighted by molar-refractivity contribution is 5.49. The predicted octanol–water partition coefficient (Wildman–Crippen LogP) is 3.07. The first-order chi connectivity index (χ1) is 9.90. The van der Waals surface area contributed by atoms with Gasteiger partial charge in [0.1, 0.15) is 18.0 Å². The molecule has 3 fully saturated rings. The number of aromatic nitrogens is 2. The predicted molar refractivity (Wildman–Crippen MR) is 81.0 cm³/mol. The van der Waals surface area contributed by atoms with E-state index in [-0.39, 0.29) is 0 Å². The van der Waals surface area contributed by atoms with Crippen molar-refractivity contribution < 1.29 is 0 Å². The van der Waals surface area contributed by atoms with E-state index < -0.39 is 0 Å². The van der Waals surface area contributed by atoms with Crippen LogP contribution in [0.25, 0.3) is 0 Å². The first kappa shape index (κ1) is 12.4. The monoisotopic (exact) mass is 272 g/mol. The molecule has 1 aromatic heterocycles. The first-order valence-corrected chi connectivity index (χ1v) is 8.24. The molecule has 1 saturated heterocycles. The minimum atomic E-state index is 0.666. The molecular weight excluding hydrogens is 248 g/mol. The molecule has 2 saturated carbocycles. The van der Waals surface area contributed by atoms with Gasteiger partial charge in [0.25, 0.3) is 0 Å². The quantitative estimate of drug-likeness (QED) is 0.894. The Kier molecular flexibility index (Phi) is 3.25. The summed E-state index contributed by atoms with van der Waals surface area (Å²) in [4.78, 5) is 11.3. The van der Waals surface area contributed by atoms with E-state index in [4.69, 9.17) is 0 Å². The van der Waals surface area contributed by atoms with Crippen molar-refractivity contribution in [2.45, 2.75) is 51.0 Å². The number of hydrogen-bond acceptors (Lipinski definition) is 4. The van der Waals surface area contributed by atoms with E-state index in [1.165, 1.54) is 44.9 Å². The van der Waals surface area contributed by atoms with E-state index >= 15 is 0 Å². The lowest BCUT2D eigenvalue weighted by Gasteiger charge is -2.28. The summed E-state index contributed by atoms with van der Waals surface area (Å²) >= 11 is 0. The zero-order chi connectivity index (χ0) is 13.4. The number of piperidine rings is 1. The zero-order valence-corrected chi connectivity index (χ0v) is 12.1. The Hall–Kier alpha value is -1.32. The molecule has 0 radical (unpaired) electrons. The van der Waals surface area contributed by atoms with Crippen LogP contribution < -0.4 is 10.2 Å². The molecule has 4 nitrogen and oxygen atoms in total. The second-order valence-corrected chi connectivity index (χ2v) is 6.65. The molecule has 0 amide bonds. The van der Waals surface area contributed by atoms with Crippen LogP contribution in [0.4, 0.5) is 11.6 Å². The average molecular weight is 272 g/mol. The van der Waals surface area contributed by atoms with Gasteiger partial charge in [-0.05, 0) is 56.8 Å². The first-order valence-electron chi connectivity index (χ1n) is 8.24. The number of hydrogen-bond donors (Lipinski definition) is 1. The van der Waals surface area contributed by atoms with Crippen LogP contribution in [0.2, 0.25) is 0 Å². The molecule has 3 aliphatic rings. The van der Waals surface area contributed by atoms with Gasteiger partial charge in [0.2, 0.25) is 0 Å². The van der Waals surface area contributed by atoms with Crippen molar-refractivity contribution in [1.82, 2.24) is 9.97 Å². The van der Waals surface area contributed by atoms with Gasteiger partial charge in [0, 0.05) is 25.2 Å². The van der Waals surface area contributed by atoms with Crippen LogP contribution in [0.15, 0.2) is 12.4 Å². The van der Waals surface area contributed by atoms with Crippen molar-refractivity contribution >= 4 is 11.6 Å². The normalized spacial score (nSPS) is 23.1. The number of nitrogens with one attached hydrogen (secondary N) is 1. The molecule has 108 valence electrons. The summed E-state index contributed by atoms with van der Waals surface area (Å²) in [6.07, 6.45) is 11.3. The van der Waals surface area contributed by atoms with Gasteiger partial charge in [0.15, 0.2) is 0 Å². The second kappa shape index (κ2) is 5.23. The largest absolute Gasteiger partial charge is 0.367 e. The van der Waals surface area contributed by atoms with Gasteiger partial charge in [-0.2, -0.15) is 0 Å². The van der Waals surface area contributed by atoms with Crippen LogP contribution in [0.3, 0.4) is 0 Å². The minimum Gasteiger partial charge on any atom is -0.367 e. The van der Waals surface area contributed by atoms with Crippen molar-refractivity contribution in [2.24, 2.45) is 11.8 Å². The highest BCUT2D eigenvalue weighted by atomic mass is 15.2. The number of nitrogens with zero attached hydrogens (tertiary/aromatic N) is 3. The van der Waals surface area contributed by atoms with Crippen LogP contribution >= 0.6 is 0 Å². The van der Waals surface area contributed by atoms with Crippen LogP contribution in [0.5, 0.6) is 0 Å². The van der Waals surface area contributed by atoms with E-state index in [0.717, 1.165) is 36.6 Å². The third-order valence-electron chi connectivity index (χ3n) is 4.91. The van der Waals surface area contributed by atoms with Gasteiger partial charge in [0.05, 0.1) is 0 Å². The van der Waals surface area contributed by atoms with E-state index in [2.05, 4.69) is 26.3 Å². The van der Waals surface area contributed by atoms with Crippen molar-refractivity contribution in [3.8, 4) is 0 Å². The summed E-state index contributed by atoms with van der Waals surface area (Å²) in [5, 5.41) is 3.70. The summed E-state index contributed by atoms with van der Waals surface area (Å²) in [6, 6.07) is 2.82. The van der Waals surface area contributed by atoms with Gasteiger partial charge < -0.3 is 10.2 Å². The van der Waals surface area contributed by atoms with E-state index in [1.807, 2.05) is 0 Å². The number of anilines is 2. The maximum Gasteiger partial charge on any atom is 0.134 e. The van der Waals surface area contributed by atoms with Gasteiger partial charge in [-0.15, -0.1) is 0 Å². The molecular formula is C16H24N4. The summed E-state index contributed by atoms with van der Waals surface area (Å²) in [5.74, 6) is 3.93. The SMILES string of the molecule is c1nc(NC(C2CC2)C2CC2)cc(N2CCCCC2)n1. The molecule has 4 heteroatoms. The van der Waals surface area contributed by atoms with Gasteiger partial charge in [-0.25, -0.2) is 9.97 Å². The molecule has 0 bridgehead atoms. The molecule has 2 heterocycles. The van der Waals surface area contributed by atoms with Crippen LogP contribution in [-0.2, 0) is 0 Å². The fourth-order valence-electron chi connectivity index (χ4n) is 3.42. The molecule has 2 aliphatic carbocycles. The maximum atomic E-state index is 4.47. The van der Waals surface area contributed by atoms with Crippen LogP contribution in [0.1, 0.15) is 44.9 Å². The Balaban J connectivity index is 1.47. The molecule has 0 spiro atoms. The lowest BCUT2D eigenvalue weighted by atomic mass is 10.1. The average Bonchev–Trinajstić information content (AvgIpc) is 3.40. The standard InChI is InChI=1S/C16H24N4/c1-2-8-20(9-3-1)15-10-14(17-11-18-15)19-16(12-4-5-12)13-6-7-13/h10-13,16H,1-9H2,(H,17,18,19). The third-order valence-corrected chi connectivity index (χ3v) is 4.91. The fraction of sp³-hybridized carbons (Fsp3) is 0.750. The smallest absolute Gasteiger partial charge is 0.134 e. The highest BCUT2D eigenvalue weighted by Gasteiger charge is 2.41. The maximum absolute atomic E-state index is 4.47. The Morgan fingerprint density at radius 1 is 1.00 bits per heavy atom. The van der Waals surface area contributed by atoms with Crippen LogP contribution in [0, 0.1) is 11.8 Å². The Bertz CT molecular complexity index is 449. The summed E-state index contributed by atoms with van der Waals surface area (Å²) in [5.41, 5.74) is 0. The molecule has 0 atom stereocenters. The molecule has 20 heavy (non-hydrogen) atoms. The lowest BCUT2D eigenvalue weighted by Crippen LogP contribution is -2.30. The lowest BCUT2D eigenvalue weighted by molar-refractivity contribution is 0.563. The zero-order valence-electron chi connectivity index (χ0n) is 12.1. The van der Waals surface area contributed by atoms with E-state index in [1.54, 1.807) is 6.33 Å². The van der Waals surface area contributed by atoms with E-state index in [0.29, 0.717) is 6.04 Å². The molecule has 0 unspecified atom stereocenters. The molecule has 1 aromatic rings. The van der Waals surface area contributed by atoms with Crippen LogP contribution in [-0.4, -0.2) is 29.1 Å². The molecule has 0 aromatic carbocycles. The van der Waals surface area contributed by atoms with Gasteiger partial charge in [-0.1, -0.05) is 0 Å². The number of rotatable bonds is 5. The molecule has 4 rings (SSSR count). The summed E-state index contributed by atoms with van der Waals surface area (Å²) in [6.45, 7) is 2.29. The minimum absolute atomic E-state index is 0.666. The van der Waals surface area contributed by atoms with Crippen molar-refractivity contribution in [1.29, 1.82) is 0 Å². The third kappa shape index (κ3) is 2.74. The van der Waals surface area contributed by atoms with Gasteiger partial charge in [-0.3, -0.25) is 0 Å². The summed E-state index contributed by atoms with van der Waals surface area (Å²) < 4.78 is 0. The molecule has 1 N–H and O–H groups in total. The Labute approximate surface area is 121 Å². The van der Waals surface area contributed by atoms with Gasteiger partial charge >= 0.3 is 0 Å². The van der Waals surface area contributed by atoms with E-state index in [9.17, 15) is 0 Å². The van der Waals surface area contributed by atoms with Crippen molar-refractivity contribution in [3.05, 3.63) is 12.4 Å². The second-order valence-electron chi connectivity index (χ2n) is 6.65.